The van der Waals surface area contributed by atoms with Crippen LogP contribution in [-0.2, 0) is 25.6 Å². The highest BCUT2D eigenvalue weighted by molar-refractivity contribution is 5.96. The number of carbonyl (C=O) groups is 3. The molecule has 166 valence electrons. The lowest BCUT2D eigenvalue weighted by molar-refractivity contribution is -0.139. The summed E-state index contributed by atoms with van der Waals surface area (Å²) in [6, 6.07) is 12.8. The van der Waals surface area contributed by atoms with Gasteiger partial charge in [-0.25, -0.2) is 14.0 Å². The summed E-state index contributed by atoms with van der Waals surface area (Å²) in [5.41, 5.74) is 1.90. The van der Waals surface area contributed by atoms with Gasteiger partial charge in [-0.15, -0.1) is 0 Å². The molecule has 0 fully saturated rings. The lowest BCUT2D eigenvalue weighted by atomic mass is 9.83. The van der Waals surface area contributed by atoms with Crippen LogP contribution in [0.4, 0.5) is 4.39 Å². The number of rotatable bonds is 7. The number of amides is 1. The number of halogens is 1. The Balaban J connectivity index is 2.02. The molecule has 7 heteroatoms. The predicted octanol–water partition coefficient (Wildman–Crippen LogP) is 4.13. The molecule has 1 heterocycles. The monoisotopic (exact) mass is 437 g/mol. The normalized spacial score (nSPS) is 16.0. The Morgan fingerprint density at radius 3 is 2.62 bits per heavy atom. The van der Waals surface area contributed by atoms with Gasteiger partial charge < -0.3 is 14.4 Å². The van der Waals surface area contributed by atoms with Gasteiger partial charge in [-0.05, 0) is 36.2 Å². The summed E-state index contributed by atoms with van der Waals surface area (Å²) in [7, 11) is 1.29. The van der Waals surface area contributed by atoms with Crippen LogP contribution < -0.4 is 0 Å². The fraction of sp³-hybridized carbons (Fsp3) is 0.240. The Morgan fingerprint density at radius 1 is 1.19 bits per heavy atom. The molecule has 1 aliphatic rings. The molecule has 32 heavy (non-hydrogen) atoms. The third kappa shape index (κ3) is 4.77. The fourth-order valence-electron chi connectivity index (χ4n) is 3.80. The maximum absolute atomic E-state index is 14.6. The molecule has 0 saturated heterocycles. The second-order valence-electron chi connectivity index (χ2n) is 7.34. The molecule has 1 amide bonds. The summed E-state index contributed by atoms with van der Waals surface area (Å²) in [5.74, 6) is -2.64. The van der Waals surface area contributed by atoms with Gasteiger partial charge in [-0.2, -0.15) is 0 Å². The van der Waals surface area contributed by atoms with Gasteiger partial charge in [-0.1, -0.05) is 43.0 Å². The first-order valence-corrected chi connectivity index (χ1v) is 10.1. The minimum atomic E-state index is -0.765. The maximum Gasteiger partial charge on any atom is 0.337 e. The van der Waals surface area contributed by atoms with Gasteiger partial charge in [0.05, 0.1) is 24.8 Å². The largest absolute Gasteiger partial charge is 0.465 e. The zero-order valence-electron chi connectivity index (χ0n) is 18.0. The van der Waals surface area contributed by atoms with Gasteiger partial charge in [0.15, 0.2) is 0 Å². The Morgan fingerprint density at radius 2 is 1.94 bits per heavy atom. The molecular weight excluding hydrogens is 413 g/mol. The van der Waals surface area contributed by atoms with Gasteiger partial charge in [0.25, 0.3) is 0 Å². The average Bonchev–Trinajstić information content (AvgIpc) is 2.79. The van der Waals surface area contributed by atoms with E-state index in [2.05, 4.69) is 6.58 Å². The van der Waals surface area contributed by atoms with Crippen molar-refractivity contribution in [2.75, 3.05) is 13.7 Å². The highest BCUT2D eigenvalue weighted by atomic mass is 19.1. The van der Waals surface area contributed by atoms with Crippen molar-refractivity contribution in [2.24, 2.45) is 0 Å². The minimum absolute atomic E-state index is 0.00523. The predicted molar refractivity (Wildman–Crippen MR) is 116 cm³/mol. The van der Waals surface area contributed by atoms with Crippen LogP contribution in [0.25, 0.3) is 0 Å². The summed E-state index contributed by atoms with van der Waals surface area (Å²) in [4.78, 5) is 39.3. The van der Waals surface area contributed by atoms with Crippen LogP contribution in [-0.4, -0.2) is 36.5 Å². The van der Waals surface area contributed by atoms with Crippen LogP contribution in [0, 0.1) is 5.82 Å². The molecule has 0 saturated carbocycles. The molecule has 0 bridgehead atoms. The quantitative estimate of drug-likeness (QED) is 0.481. The molecule has 2 aromatic rings. The van der Waals surface area contributed by atoms with Crippen LogP contribution in [0.15, 0.2) is 72.5 Å². The van der Waals surface area contributed by atoms with E-state index in [1.165, 1.54) is 24.2 Å². The van der Waals surface area contributed by atoms with Gasteiger partial charge in [0.1, 0.15) is 12.4 Å². The third-order valence-electron chi connectivity index (χ3n) is 5.34. The van der Waals surface area contributed by atoms with E-state index in [4.69, 9.17) is 9.47 Å². The molecule has 6 nitrogen and oxygen atoms in total. The lowest BCUT2D eigenvalue weighted by Crippen LogP contribution is -2.38. The van der Waals surface area contributed by atoms with E-state index in [0.29, 0.717) is 16.8 Å². The first kappa shape index (κ1) is 22.9. The van der Waals surface area contributed by atoms with Gasteiger partial charge in [0.2, 0.25) is 5.91 Å². The van der Waals surface area contributed by atoms with E-state index in [1.807, 2.05) is 0 Å². The standard InChI is InChI=1S/C25H24FNO5/c1-4-12-32-25(30)23-16(2)27(15-17-8-7-9-18(13-17)24(29)31-3)22(28)14-20(23)19-10-5-6-11-21(19)26/h4-11,13,20H,1,12,14-15H2,2-3H3. The van der Waals surface area contributed by atoms with Crippen LogP contribution in [0.3, 0.4) is 0 Å². The van der Waals surface area contributed by atoms with Crippen molar-refractivity contribution in [3.05, 3.63) is 95.0 Å². The number of allylic oxidation sites excluding steroid dienone is 1. The molecular formula is C25H24FNO5. The second kappa shape index (κ2) is 10.0. The smallest absolute Gasteiger partial charge is 0.337 e. The number of benzene rings is 2. The van der Waals surface area contributed by atoms with Crippen molar-refractivity contribution in [3.8, 4) is 0 Å². The van der Waals surface area contributed by atoms with Crippen LogP contribution in [0.1, 0.15) is 40.7 Å². The molecule has 0 spiro atoms. The number of hydrogen-bond donors (Lipinski definition) is 0. The molecule has 2 aromatic carbocycles. The summed E-state index contributed by atoms with van der Waals surface area (Å²) < 4.78 is 24.6. The van der Waals surface area contributed by atoms with Crippen molar-refractivity contribution in [1.29, 1.82) is 0 Å². The Bertz CT molecular complexity index is 1090. The van der Waals surface area contributed by atoms with E-state index in [1.54, 1.807) is 49.4 Å². The molecule has 0 radical (unpaired) electrons. The van der Waals surface area contributed by atoms with E-state index in [9.17, 15) is 18.8 Å². The molecule has 1 aliphatic heterocycles. The van der Waals surface area contributed by atoms with Crippen LogP contribution in [0.5, 0.6) is 0 Å². The average molecular weight is 437 g/mol. The van der Waals surface area contributed by atoms with Crippen LogP contribution >= 0.6 is 0 Å². The summed E-state index contributed by atoms with van der Waals surface area (Å²) >= 11 is 0. The van der Waals surface area contributed by atoms with Gasteiger partial charge >= 0.3 is 11.9 Å². The van der Waals surface area contributed by atoms with Crippen molar-refractivity contribution in [2.45, 2.75) is 25.8 Å². The molecule has 0 aromatic heterocycles. The highest BCUT2D eigenvalue weighted by Crippen LogP contribution is 2.38. The summed E-state index contributed by atoms with van der Waals surface area (Å²) in [6.45, 7) is 5.31. The third-order valence-corrected chi connectivity index (χ3v) is 5.34. The van der Waals surface area contributed by atoms with Gasteiger partial charge in [0, 0.05) is 18.0 Å². The van der Waals surface area contributed by atoms with Crippen LogP contribution in [0.2, 0.25) is 0 Å². The minimum Gasteiger partial charge on any atom is -0.465 e. The Kier molecular flexibility index (Phi) is 7.20. The van der Waals surface area contributed by atoms with Crippen molar-refractivity contribution >= 4 is 17.8 Å². The Hall–Kier alpha value is -3.74. The SMILES string of the molecule is C=CCOC(=O)C1=C(C)N(Cc2cccc(C(=O)OC)c2)C(=O)CC1c1ccccc1F. The van der Waals surface area contributed by atoms with E-state index < -0.39 is 23.7 Å². The van der Waals surface area contributed by atoms with Crippen molar-refractivity contribution in [1.82, 2.24) is 4.90 Å². The first-order chi connectivity index (χ1) is 15.4. The topological polar surface area (TPSA) is 72.9 Å². The van der Waals surface area contributed by atoms with E-state index in [0.717, 1.165) is 0 Å². The lowest BCUT2D eigenvalue weighted by Gasteiger charge is -2.34. The molecule has 3 rings (SSSR count). The number of methoxy groups -OCH3 is 1. The van der Waals surface area contributed by atoms with E-state index in [-0.39, 0.29) is 36.6 Å². The molecule has 0 N–H and O–H groups in total. The van der Waals surface area contributed by atoms with E-state index >= 15 is 0 Å². The number of carbonyl (C=O) groups excluding carboxylic acids is 3. The van der Waals surface area contributed by atoms with Crippen molar-refractivity contribution in [3.63, 3.8) is 0 Å². The number of nitrogens with zero attached hydrogens (tertiary/aromatic N) is 1. The molecule has 1 atom stereocenters. The Labute approximate surface area is 185 Å². The fourth-order valence-corrected chi connectivity index (χ4v) is 3.80. The zero-order chi connectivity index (χ0) is 23.3. The maximum atomic E-state index is 14.6. The molecule has 1 unspecified atom stereocenters. The highest BCUT2D eigenvalue weighted by Gasteiger charge is 2.38. The zero-order valence-corrected chi connectivity index (χ0v) is 18.0. The number of hydrogen-bond acceptors (Lipinski definition) is 5. The molecule has 0 aliphatic carbocycles. The summed E-state index contributed by atoms with van der Waals surface area (Å²) in [5, 5.41) is 0. The summed E-state index contributed by atoms with van der Waals surface area (Å²) in [6.07, 6.45) is 1.35. The van der Waals surface area contributed by atoms with Crippen molar-refractivity contribution < 1.29 is 28.2 Å². The number of ether oxygens (including phenoxy) is 2. The number of esters is 2. The first-order valence-electron chi connectivity index (χ1n) is 10.1. The van der Waals surface area contributed by atoms with Gasteiger partial charge in [-0.3, -0.25) is 4.79 Å². The second-order valence-corrected chi connectivity index (χ2v) is 7.34.